The highest BCUT2D eigenvalue weighted by molar-refractivity contribution is 5.58. The monoisotopic (exact) mass is 445 g/mol. The lowest BCUT2D eigenvalue weighted by Crippen LogP contribution is -3.06. The molecule has 1 aromatic carbocycles. The van der Waals surface area contributed by atoms with Gasteiger partial charge in [-0.15, -0.1) is 0 Å². The summed E-state index contributed by atoms with van der Waals surface area (Å²) in [5, 5.41) is 11.0. The highest BCUT2D eigenvalue weighted by Gasteiger charge is 2.45. The third-order valence-corrected chi connectivity index (χ3v) is 7.12. The van der Waals surface area contributed by atoms with Crippen LogP contribution in [0, 0.1) is 12.8 Å². The van der Waals surface area contributed by atoms with E-state index in [2.05, 4.69) is 79.9 Å². The van der Waals surface area contributed by atoms with E-state index >= 15 is 0 Å². The van der Waals surface area contributed by atoms with Gasteiger partial charge in [-0.25, -0.2) is 0 Å². The number of ether oxygens (including phenoxy) is 1. The molecule has 182 valence electrons. The molecule has 0 aromatic heterocycles. The molecular weight excluding hydrogens is 396 g/mol. The van der Waals surface area contributed by atoms with Gasteiger partial charge in [0.15, 0.2) is 0 Å². The summed E-state index contributed by atoms with van der Waals surface area (Å²) in [5.74, 6) is 2.09. The predicted octanol–water partition coefficient (Wildman–Crippen LogP) is 4.74. The van der Waals surface area contributed by atoms with Gasteiger partial charge in [0.1, 0.15) is 17.1 Å². The van der Waals surface area contributed by atoms with Crippen LogP contribution in [0.3, 0.4) is 0 Å². The van der Waals surface area contributed by atoms with Crippen LogP contribution >= 0.6 is 0 Å². The molecule has 1 heterocycles. The lowest BCUT2D eigenvalue weighted by Gasteiger charge is -2.46. The highest BCUT2D eigenvalue weighted by atomic mass is 16.5. The molecule has 0 amide bonds. The van der Waals surface area contributed by atoms with Crippen LogP contribution in [0.4, 0.5) is 0 Å². The smallest absolute Gasteiger partial charge is 0.127 e. The first kappa shape index (κ1) is 26.7. The van der Waals surface area contributed by atoms with Crippen molar-refractivity contribution in [2.45, 2.75) is 84.7 Å². The standard InChI is InChI=1S/C22H32O2.C6H16N2/c1-6-7-8-9-16-13-19-20(21(23)15(16)3)17-12-14(2)10-11-18(17)22(4,5)24-19;1-7(2)5-6-8(3)4/h12-13,17-18,23H,6-11H2,1-5H3;5-6H2,1-4H3/p+1/t17-,18-;/m1./s1. The molecule has 1 aromatic rings. The van der Waals surface area contributed by atoms with Crippen molar-refractivity contribution in [2.24, 2.45) is 5.92 Å². The Kier molecular flexibility index (Phi) is 9.66. The van der Waals surface area contributed by atoms with E-state index in [0.29, 0.717) is 11.7 Å². The van der Waals surface area contributed by atoms with E-state index in [4.69, 9.17) is 4.74 Å². The summed E-state index contributed by atoms with van der Waals surface area (Å²) in [4.78, 5) is 3.71. The van der Waals surface area contributed by atoms with Crippen molar-refractivity contribution in [3.8, 4) is 11.5 Å². The Bertz CT molecular complexity index is 772. The molecule has 3 rings (SSSR count). The van der Waals surface area contributed by atoms with Crippen molar-refractivity contribution in [1.82, 2.24) is 4.90 Å². The van der Waals surface area contributed by atoms with E-state index in [0.717, 1.165) is 36.1 Å². The summed E-state index contributed by atoms with van der Waals surface area (Å²) >= 11 is 0. The van der Waals surface area contributed by atoms with Gasteiger partial charge < -0.3 is 19.6 Å². The largest absolute Gasteiger partial charge is 0.507 e. The number of phenolic OH excluding ortho intramolecular Hbond substituents is 1. The highest BCUT2D eigenvalue weighted by Crippen LogP contribution is 2.54. The third-order valence-electron chi connectivity index (χ3n) is 7.12. The van der Waals surface area contributed by atoms with E-state index < -0.39 is 0 Å². The summed E-state index contributed by atoms with van der Waals surface area (Å²) in [6.07, 6.45) is 9.28. The van der Waals surface area contributed by atoms with Gasteiger partial charge in [-0.2, -0.15) is 0 Å². The van der Waals surface area contributed by atoms with Gasteiger partial charge in [0.25, 0.3) is 0 Å². The van der Waals surface area contributed by atoms with Crippen LogP contribution in [0.1, 0.15) is 82.4 Å². The number of likely N-dealkylation sites (N-methyl/N-ethyl adjacent to an activating group) is 2. The van der Waals surface area contributed by atoms with E-state index in [1.165, 1.54) is 48.4 Å². The molecule has 4 heteroatoms. The van der Waals surface area contributed by atoms with Gasteiger partial charge in [0.05, 0.1) is 20.6 Å². The van der Waals surface area contributed by atoms with Crippen LogP contribution in [0.5, 0.6) is 11.5 Å². The Morgan fingerprint density at radius 1 is 1.19 bits per heavy atom. The predicted molar refractivity (Wildman–Crippen MR) is 136 cm³/mol. The van der Waals surface area contributed by atoms with Crippen LogP contribution in [0.15, 0.2) is 17.7 Å². The van der Waals surface area contributed by atoms with Crippen molar-refractivity contribution in [2.75, 3.05) is 41.3 Å². The molecule has 0 spiro atoms. The Morgan fingerprint density at radius 3 is 2.44 bits per heavy atom. The molecule has 4 nitrogen and oxygen atoms in total. The number of aryl methyl sites for hydroxylation is 1. The number of fused-ring (bicyclic) bond motifs is 3. The average Bonchev–Trinajstić information content (AvgIpc) is 2.70. The zero-order valence-electron chi connectivity index (χ0n) is 22.3. The molecule has 32 heavy (non-hydrogen) atoms. The number of benzene rings is 1. The maximum Gasteiger partial charge on any atom is 0.127 e. The Balaban J connectivity index is 0.000000390. The zero-order chi connectivity index (χ0) is 24.1. The summed E-state index contributed by atoms with van der Waals surface area (Å²) in [6, 6.07) is 2.20. The maximum atomic E-state index is 11.0. The molecular formula is C28H49N2O2+. The molecule has 0 bridgehead atoms. The van der Waals surface area contributed by atoms with E-state index in [9.17, 15) is 5.11 Å². The van der Waals surface area contributed by atoms with Crippen molar-refractivity contribution in [3.63, 3.8) is 0 Å². The number of hydrogen-bond donors (Lipinski definition) is 2. The first-order valence-corrected chi connectivity index (χ1v) is 12.6. The number of hydrogen-bond acceptors (Lipinski definition) is 3. The third kappa shape index (κ3) is 6.74. The maximum absolute atomic E-state index is 11.0. The van der Waals surface area contributed by atoms with Crippen molar-refractivity contribution < 1.29 is 14.7 Å². The second-order valence-corrected chi connectivity index (χ2v) is 11.0. The minimum Gasteiger partial charge on any atom is -0.507 e. The normalized spacial score (nSPS) is 21.3. The summed E-state index contributed by atoms with van der Waals surface area (Å²) in [6.45, 7) is 13.3. The molecule has 2 atom stereocenters. The van der Waals surface area contributed by atoms with E-state index in [1.807, 2.05) is 0 Å². The molecule has 0 radical (unpaired) electrons. The van der Waals surface area contributed by atoms with Crippen molar-refractivity contribution >= 4 is 0 Å². The number of allylic oxidation sites excluding steroid dienone is 2. The lowest BCUT2D eigenvalue weighted by molar-refractivity contribution is -0.857. The van der Waals surface area contributed by atoms with Crippen molar-refractivity contribution in [1.29, 1.82) is 0 Å². The number of aromatic hydroxyl groups is 1. The fourth-order valence-electron chi connectivity index (χ4n) is 4.99. The fraction of sp³-hybridized carbons (Fsp3) is 0.714. The van der Waals surface area contributed by atoms with Gasteiger partial charge in [-0.3, -0.25) is 0 Å². The summed E-state index contributed by atoms with van der Waals surface area (Å²) in [7, 11) is 8.54. The fourth-order valence-corrected chi connectivity index (χ4v) is 4.99. The molecule has 1 aliphatic carbocycles. The first-order chi connectivity index (χ1) is 15.0. The number of unbranched alkanes of at least 4 members (excludes halogenated alkanes) is 2. The second kappa shape index (κ2) is 11.6. The Labute approximate surface area is 197 Å². The number of nitrogens with one attached hydrogen (secondary N) is 1. The summed E-state index contributed by atoms with van der Waals surface area (Å²) < 4.78 is 6.42. The number of nitrogens with zero attached hydrogens (tertiary/aromatic N) is 1. The molecule has 0 fully saturated rings. The SMILES string of the molecule is CCCCCc1cc2c(c(O)c1C)[C@@H]1C=C(C)CC[C@H]1C(C)(C)O2.CN(C)CC[NH+](C)C. The number of quaternary nitrogens is 1. The Hall–Kier alpha value is -1.52. The minimum absolute atomic E-state index is 0.183. The van der Waals surface area contributed by atoms with Crippen LogP contribution in [-0.4, -0.2) is 56.9 Å². The first-order valence-electron chi connectivity index (χ1n) is 12.6. The van der Waals surface area contributed by atoms with Crippen LogP contribution in [-0.2, 0) is 6.42 Å². The average molecular weight is 446 g/mol. The molecule has 0 saturated heterocycles. The van der Waals surface area contributed by atoms with Gasteiger partial charge in [-0.05, 0) is 84.7 Å². The summed E-state index contributed by atoms with van der Waals surface area (Å²) in [5.41, 5.74) is 4.56. The number of rotatable bonds is 7. The lowest BCUT2D eigenvalue weighted by atomic mass is 9.67. The quantitative estimate of drug-likeness (QED) is 0.470. The van der Waals surface area contributed by atoms with Crippen LogP contribution in [0.25, 0.3) is 0 Å². The molecule has 0 unspecified atom stereocenters. The van der Waals surface area contributed by atoms with Gasteiger partial charge >= 0.3 is 0 Å². The second-order valence-electron chi connectivity index (χ2n) is 11.0. The molecule has 2 aliphatic rings. The van der Waals surface area contributed by atoms with Crippen molar-refractivity contribution in [3.05, 3.63) is 34.4 Å². The Morgan fingerprint density at radius 2 is 1.88 bits per heavy atom. The topological polar surface area (TPSA) is 37.1 Å². The molecule has 1 aliphatic heterocycles. The van der Waals surface area contributed by atoms with Crippen LogP contribution < -0.4 is 9.64 Å². The molecule has 2 N–H and O–H groups in total. The molecule has 0 saturated carbocycles. The van der Waals surface area contributed by atoms with Gasteiger partial charge in [-0.1, -0.05) is 31.4 Å². The number of phenols is 1. The van der Waals surface area contributed by atoms with E-state index in [-0.39, 0.29) is 11.5 Å². The van der Waals surface area contributed by atoms with Crippen LogP contribution in [0.2, 0.25) is 0 Å². The zero-order valence-corrected chi connectivity index (χ0v) is 22.3. The van der Waals surface area contributed by atoms with Gasteiger partial charge in [0.2, 0.25) is 0 Å². The minimum atomic E-state index is -0.183. The van der Waals surface area contributed by atoms with E-state index in [1.54, 1.807) is 0 Å². The van der Waals surface area contributed by atoms with Gasteiger partial charge in [0, 0.05) is 23.9 Å².